The number of hydrogen-bond donors (Lipinski definition) is 1. The molecule has 0 fully saturated rings. The molecule has 148 valence electrons. The molecule has 28 heavy (non-hydrogen) atoms. The van der Waals surface area contributed by atoms with Gasteiger partial charge >= 0.3 is 0 Å². The number of likely N-dealkylation sites (N-methyl/N-ethyl adjacent to an activating group) is 1. The van der Waals surface area contributed by atoms with Crippen molar-refractivity contribution >= 4 is 17.6 Å². The smallest absolute Gasteiger partial charge is 0.249 e. The maximum absolute atomic E-state index is 13.0. The monoisotopic (exact) mass is 384 g/mol. The van der Waals surface area contributed by atoms with E-state index in [4.69, 9.17) is 0 Å². The number of hydrogen-bond acceptors (Lipinski definition) is 3. The lowest BCUT2D eigenvalue weighted by atomic mass is 10.0. The lowest BCUT2D eigenvalue weighted by Crippen LogP contribution is -2.42. The molecule has 2 aromatic rings. The maximum Gasteiger partial charge on any atom is 0.249 e. The van der Waals surface area contributed by atoms with Gasteiger partial charge in [-0.1, -0.05) is 30.3 Å². The van der Waals surface area contributed by atoms with E-state index < -0.39 is 11.9 Å². The van der Waals surface area contributed by atoms with Crippen molar-refractivity contribution in [1.82, 2.24) is 10.2 Å². The van der Waals surface area contributed by atoms with Crippen molar-refractivity contribution in [3.05, 3.63) is 71.5 Å². The Morgan fingerprint density at radius 3 is 2.11 bits per heavy atom. The van der Waals surface area contributed by atoms with Crippen LogP contribution in [0.5, 0.6) is 0 Å². The fraction of sp³-hybridized carbons (Fsp3) is 0.318. The predicted octanol–water partition coefficient (Wildman–Crippen LogP) is 3.51. The van der Waals surface area contributed by atoms with Gasteiger partial charge in [-0.2, -0.15) is 0 Å². The van der Waals surface area contributed by atoms with E-state index in [0.717, 1.165) is 0 Å². The molecule has 0 aromatic heterocycles. The van der Waals surface area contributed by atoms with Crippen molar-refractivity contribution in [2.75, 3.05) is 13.1 Å². The van der Waals surface area contributed by atoms with Crippen molar-refractivity contribution in [2.24, 2.45) is 0 Å². The van der Waals surface area contributed by atoms with E-state index >= 15 is 0 Å². The molecule has 0 saturated heterocycles. The molecule has 2 amide bonds. The summed E-state index contributed by atoms with van der Waals surface area (Å²) >= 11 is 0. The fourth-order valence-corrected chi connectivity index (χ4v) is 2.89. The van der Waals surface area contributed by atoms with Crippen molar-refractivity contribution in [3.63, 3.8) is 0 Å². The molecule has 2 aromatic carbocycles. The minimum Gasteiger partial charge on any atom is -0.341 e. The van der Waals surface area contributed by atoms with E-state index in [-0.39, 0.29) is 30.4 Å². The molecule has 0 aliphatic carbocycles. The van der Waals surface area contributed by atoms with Crippen LogP contribution in [-0.4, -0.2) is 35.6 Å². The van der Waals surface area contributed by atoms with Crippen LogP contribution >= 0.6 is 0 Å². The van der Waals surface area contributed by atoms with E-state index in [1.165, 1.54) is 24.3 Å². The number of nitrogens with zero attached hydrogens (tertiary/aromatic N) is 1. The van der Waals surface area contributed by atoms with Crippen LogP contribution in [0.2, 0.25) is 0 Å². The van der Waals surface area contributed by atoms with Crippen LogP contribution < -0.4 is 5.32 Å². The van der Waals surface area contributed by atoms with Crippen LogP contribution in [-0.2, 0) is 9.59 Å². The first-order valence-corrected chi connectivity index (χ1v) is 9.38. The quantitative estimate of drug-likeness (QED) is 0.673. The molecule has 0 saturated carbocycles. The Labute approximate surface area is 164 Å². The lowest BCUT2D eigenvalue weighted by molar-refractivity contribution is -0.136. The van der Waals surface area contributed by atoms with Crippen LogP contribution in [0.3, 0.4) is 0 Å². The number of carbonyl (C=O) groups is 3. The van der Waals surface area contributed by atoms with Gasteiger partial charge in [0.15, 0.2) is 5.78 Å². The molecule has 0 heterocycles. The van der Waals surface area contributed by atoms with Crippen LogP contribution in [0.25, 0.3) is 0 Å². The van der Waals surface area contributed by atoms with Gasteiger partial charge in [-0.05, 0) is 43.7 Å². The summed E-state index contributed by atoms with van der Waals surface area (Å²) in [6.45, 7) is 4.84. The zero-order valence-corrected chi connectivity index (χ0v) is 16.2. The van der Waals surface area contributed by atoms with Gasteiger partial charge in [-0.25, -0.2) is 4.39 Å². The highest BCUT2D eigenvalue weighted by molar-refractivity contribution is 5.98. The van der Waals surface area contributed by atoms with Gasteiger partial charge < -0.3 is 10.2 Å². The molecule has 6 heteroatoms. The van der Waals surface area contributed by atoms with Gasteiger partial charge in [-0.3, -0.25) is 14.4 Å². The first-order chi connectivity index (χ1) is 13.5. The summed E-state index contributed by atoms with van der Waals surface area (Å²) in [6, 6.07) is 13.4. The highest BCUT2D eigenvalue weighted by atomic mass is 19.1. The Morgan fingerprint density at radius 1 is 0.929 bits per heavy atom. The van der Waals surface area contributed by atoms with Crippen LogP contribution in [0.4, 0.5) is 4.39 Å². The normalized spacial score (nSPS) is 11.5. The second-order valence-corrected chi connectivity index (χ2v) is 6.35. The Morgan fingerprint density at radius 2 is 1.54 bits per heavy atom. The standard InChI is InChI=1S/C22H25FN2O3/c1-3-25(4-2)22(28)21(17-8-6-5-7-9-17)24-20(27)15-14-19(26)16-10-12-18(23)13-11-16/h5-13,21H,3-4,14-15H2,1-2H3,(H,24,27)/t21-/m0/s1. The predicted molar refractivity (Wildman–Crippen MR) is 105 cm³/mol. The summed E-state index contributed by atoms with van der Waals surface area (Å²) in [5, 5.41) is 2.76. The topological polar surface area (TPSA) is 66.5 Å². The Hall–Kier alpha value is -3.02. The second kappa shape index (κ2) is 10.3. The molecule has 0 unspecified atom stereocenters. The molecule has 1 N–H and O–H groups in total. The minimum atomic E-state index is -0.797. The van der Waals surface area contributed by atoms with E-state index in [1.54, 1.807) is 17.0 Å². The van der Waals surface area contributed by atoms with E-state index in [2.05, 4.69) is 5.32 Å². The molecule has 0 radical (unpaired) electrons. The molecule has 1 atom stereocenters. The Balaban J connectivity index is 2.04. The third-order valence-electron chi connectivity index (χ3n) is 4.51. The molecule has 0 spiro atoms. The zero-order valence-electron chi connectivity index (χ0n) is 16.2. The number of carbonyl (C=O) groups excluding carboxylic acids is 3. The summed E-state index contributed by atoms with van der Waals surface area (Å²) in [6.07, 6.45) is -0.0660. The van der Waals surface area contributed by atoms with E-state index in [9.17, 15) is 18.8 Å². The zero-order chi connectivity index (χ0) is 20.5. The summed E-state index contributed by atoms with van der Waals surface area (Å²) in [7, 11) is 0. The molecule has 0 aliphatic heterocycles. The number of nitrogens with one attached hydrogen (secondary N) is 1. The highest BCUT2D eigenvalue weighted by Crippen LogP contribution is 2.17. The number of benzene rings is 2. The summed E-state index contributed by atoms with van der Waals surface area (Å²) in [5.41, 5.74) is 1.05. The van der Waals surface area contributed by atoms with Gasteiger partial charge in [0.1, 0.15) is 11.9 Å². The van der Waals surface area contributed by atoms with E-state index in [1.807, 2.05) is 32.0 Å². The molecule has 0 bridgehead atoms. The van der Waals surface area contributed by atoms with Gasteiger partial charge in [0.2, 0.25) is 11.8 Å². The largest absolute Gasteiger partial charge is 0.341 e. The first kappa shape index (κ1) is 21.3. The summed E-state index contributed by atoms with van der Waals surface area (Å²) < 4.78 is 13.0. The van der Waals surface area contributed by atoms with Gasteiger partial charge in [0.25, 0.3) is 0 Å². The minimum absolute atomic E-state index is 0.0154. The van der Waals surface area contributed by atoms with Crippen LogP contribution in [0, 0.1) is 5.82 Å². The highest BCUT2D eigenvalue weighted by Gasteiger charge is 2.26. The van der Waals surface area contributed by atoms with Gasteiger partial charge in [0.05, 0.1) is 0 Å². The van der Waals surface area contributed by atoms with Crippen LogP contribution in [0.15, 0.2) is 54.6 Å². The summed E-state index contributed by atoms with van der Waals surface area (Å²) in [5.74, 6) is -1.24. The summed E-state index contributed by atoms with van der Waals surface area (Å²) in [4.78, 5) is 39.1. The fourth-order valence-electron chi connectivity index (χ4n) is 2.89. The Kier molecular flexibility index (Phi) is 7.87. The average molecular weight is 384 g/mol. The third kappa shape index (κ3) is 5.74. The van der Waals surface area contributed by atoms with Gasteiger partial charge in [-0.15, -0.1) is 0 Å². The molecule has 5 nitrogen and oxygen atoms in total. The van der Waals surface area contributed by atoms with Crippen molar-refractivity contribution < 1.29 is 18.8 Å². The lowest BCUT2D eigenvalue weighted by Gasteiger charge is -2.26. The maximum atomic E-state index is 13.0. The number of rotatable bonds is 9. The number of amides is 2. The molecular formula is C22H25FN2O3. The van der Waals surface area contributed by atoms with E-state index in [0.29, 0.717) is 24.2 Å². The third-order valence-corrected chi connectivity index (χ3v) is 4.51. The average Bonchev–Trinajstić information content (AvgIpc) is 2.72. The van der Waals surface area contributed by atoms with Crippen LogP contribution in [0.1, 0.15) is 48.7 Å². The molecule has 0 aliphatic rings. The molecular weight excluding hydrogens is 359 g/mol. The first-order valence-electron chi connectivity index (χ1n) is 9.38. The number of ketones is 1. The van der Waals surface area contributed by atoms with Crippen molar-refractivity contribution in [3.8, 4) is 0 Å². The SMILES string of the molecule is CCN(CC)C(=O)[C@@H](NC(=O)CCC(=O)c1ccc(F)cc1)c1ccccc1. The van der Waals surface area contributed by atoms with Crippen molar-refractivity contribution in [2.45, 2.75) is 32.7 Å². The number of halogens is 1. The molecule has 2 rings (SSSR count). The second-order valence-electron chi connectivity index (χ2n) is 6.35. The number of Topliss-reactive ketones (excluding diaryl/α,β-unsaturated/α-hetero) is 1. The Bertz CT molecular complexity index is 802. The van der Waals surface area contributed by atoms with Crippen molar-refractivity contribution in [1.29, 1.82) is 0 Å². The van der Waals surface area contributed by atoms with Gasteiger partial charge in [0, 0.05) is 31.5 Å².